The SMILES string of the molecule is CCC(C)(OC)C(=O)Nc1c(C(N)=S)cnn1C. The number of amides is 1. The summed E-state index contributed by atoms with van der Waals surface area (Å²) in [5.41, 5.74) is 5.22. The molecule has 0 aliphatic heterocycles. The van der Waals surface area contributed by atoms with Gasteiger partial charge in [-0.2, -0.15) is 5.10 Å². The zero-order valence-electron chi connectivity index (χ0n) is 11.0. The van der Waals surface area contributed by atoms with Crippen molar-refractivity contribution in [3.8, 4) is 0 Å². The fourth-order valence-electron chi connectivity index (χ4n) is 1.40. The number of nitrogens with two attached hydrogens (primary N) is 1. The van der Waals surface area contributed by atoms with Crippen molar-refractivity contribution >= 4 is 28.9 Å². The van der Waals surface area contributed by atoms with E-state index in [4.69, 9.17) is 22.7 Å². The van der Waals surface area contributed by atoms with Gasteiger partial charge in [0.15, 0.2) is 0 Å². The Kier molecular flexibility index (Phi) is 4.42. The number of hydrogen-bond acceptors (Lipinski definition) is 4. The summed E-state index contributed by atoms with van der Waals surface area (Å²) in [4.78, 5) is 12.3. The summed E-state index contributed by atoms with van der Waals surface area (Å²) >= 11 is 4.91. The van der Waals surface area contributed by atoms with Crippen molar-refractivity contribution in [1.29, 1.82) is 0 Å². The molecule has 0 saturated heterocycles. The largest absolute Gasteiger partial charge is 0.389 e. The normalized spacial score (nSPS) is 14.0. The van der Waals surface area contributed by atoms with Gasteiger partial charge in [-0.3, -0.25) is 9.48 Å². The topological polar surface area (TPSA) is 82.2 Å². The summed E-state index contributed by atoms with van der Waals surface area (Å²) in [6, 6.07) is 0. The van der Waals surface area contributed by atoms with Crippen LogP contribution in [0.25, 0.3) is 0 Å². The number of carbonyl (C=O) groups excluding carboxylic acids is 1. The monoisotopic (exact) mass is 270 g/mol. The first-order valence-corrected chi connectivity index (χ1v) is 5.95. The summed E-state index contributed by atoms with van der Waals surface area (Å²) < 4.78 is 6.74. The highest BCUT2D eigenvalue weighted by atomic mass is 32.1. The van der Waals surface area contributed by atoms with E-state index in [2.05, 4.69) is 10.4 Å². The van der Waals surface area contributed by atoms with Crippen LogP contribution in [-0.2, 0) is 16.6 Å². The Hall–Kier alpha value is -1.47. The van der Waals surface area contributed by atoms with E-state index >= 15 is 0 Å². The van der Waals surface area contributed by atoms with Gasteiger partial charge in [-0.25, -0.2) is 0 Å². The Morgan fingerprint density at radius 3 is 2.78 bits per heavy atom. The molecule has 1 atom stereocenters. The number of methoxy groups -OCH3 is 1. The third kappa shape index (κ3) is 2.68. The standard InChI is InChI=1S/C11H18N4O2S/c1-5-11(2,17-4)10(16)14-9-7(8(12)18)6-13-15(9)3/h6H,5H2,1-4H3,(H2,12,18)(H,14,16). The van der Waals surface area contributed by atoms with Crippen LogP contribution in [0.3, 0.4) is 0 Å². The zero-order valence-corrected chi connectivity index (χ0v) is 11.8. The molecule has 0 saturated carbocycles. The van der Waals surface area contributed by atoms with Gasteiger partial charge in [-0.05, 0) is 13.3 Å². The Balaban J connectivity index is 3.01. The number of rotatable bonds is 5. The highest BCUT2D eigenvalue weighted by molar-refractivity contribution is 7.80. The van der Waals surface area contributed by atoms with E-state index in [1.54, 1.807) is 14.0 Å². The lowest BCUT2D eigenvalue weighted by molar-refractivity contribution is -0.136. The molecule has 0 aromatic carbocycles. The van der Waals surface area contributed by atoms with E-state index in [0.29, 0.717) is 17.8 Å². The van der Waals surface area contributed by atoms with Crippen molar-refractivity contribution in [2.75, 3.05) is 12.4 Å². The van der Waals surface area contributed by atoms with Crippen LogP contribution < -0.4 is 11.1 Å². The molecule has 100 valence electrons. The second kappa shape index (κ2) is 5.45. The van der Waals surface area contributed by atoms with Gasteiger partial charge in [-0.15, -0.1) is 0 Å². The minimum Gasteiger partial charge on any atom is -0.389 e. The number of aryl methyl sites for hydroxylation is 1. The molecule has 1 rings (SSSR count). The third-order valence-corrected chi connectivity index (χ3v) is 3.26. The van der Waals surface area contributed by atoms with E-state index in [1.807, 2.05) is 6.92 Å². The molecular formula is C11H18N4O2S. The number of nitrogens with one attached hydrogen (secondary N) is 1. The molecule has 3 N–H and O–H groups in total. The van der Waals surface area contributed by atoms with E-state index in [1.165, 1.54) is 18.0 Å². The Labute approximate surface area is 111 Å². The average Bonchev–Trinajstić information content (AvgIpc) is 2.70. The molecule has 1 unspecified atom stereocenters. The highest BCUT2D eigenvalue weighted by Crippen LogP contribution is 2.20. The lowest BCUT2D eigenvalue weighted by Crippen LogP contribution is -2.42. The minimum absolute atomic E-state index is 0.189. The van der Waals surface area contributed by atoms with Crippen molar-refractivity contribution in [1.82, 2.24) is 9.78 Å². The number of ether oxygens (including phenoxy) is 1. The van der Waals surface area contributed by atoms with Gasteiger partial charge in [-0.1, -0.05) is 19.1 Å². The Morgan fingerprint density at radius 2 is 2.33 bits per heavy atom. The Bertz CT molecular complexity index is 466. The number of carbonyl (C=O) groups is 1. The fraction of sp³-hybridized carbons (Fsp3) is 0.545. The summed E-state index contributed by atoms with van der Waals surface area (Å²) in [7, 11) is 3.20. The molecule has 1 heterocycles. The highest BCUT2D eigenvalue weighted by Gasteiger charge is 2.32. The molecule has 1 aromatic heterocycles. The summed E-state index contributed by atoms with van der Waals surface area (Å²) in [6.45, 7) is 3.60. The van der Waals surface area contributed by atoms with Gasteiger partial charge in [0.2, 0.25) is 0 Å². The second-order valence-corrected chi connectivity index (χ2v) is 4.58. The molecular weight excluding hydrogens is 252 g/mol. The average molecular weight is 270 g/mol. The van der Waals surface area contributed by atoms with Gasteiger partial charge in [0, 0.05) is 14.2 Å². The molecule has 6 nitrogen and oxygen atoms in total. The van der Waals surface area contributed by atoms with Crippen molar-refractivity contribution in [2.24, 2.45) is 12.8 Å². The lowest BCUT2D eigenvalue weighted by atomic mass is 10.0. The van der Waals surface area contributed by atoms with Crippen LogP contribution in [0.4, 0.5) is 5.82 Å². The van der Waals surface area contributed by atoms with Crippen molar-refractivity contribution in [3.63, 3.8) is 0 Å². The van der Waals surface area contributed by atoms with Crippen LogP contribution in [0.1, 0.15) is 25.8 Å². The van der Waals surface area contributed by atoms with Crippen LogP contribution >= 0.6 is 12.2 Å². The summed E-state index contributed by atoms with van der Waals surface area (Å²) in [6.07, 6.45) is 2.07. The number of nitrogens with zero attached hydrogens (tertiary/aromatic N) is 2. The van der Waals surface area contributed by atoms with E-state index in [0.717, 1.165) is 0 Å². The summed E-state index contributed by atoms with van der Waals surface area (Å²) in [5, 5.41) is 6.77. The molecule has 0 bridgehead atoms. The number of thiocarbonyl (C=S) groups is 1. The minimum atomic E-state index is -0.891. The van der Waals surface area contributed by atoms with Crippen LogP contribution in [0, 0.1) is 0 Å². The molecule has 7 heteroatoms. The van der Waals surface area contributed by atoms with Crippen molar-refractivity contribution in [3.05, 3.63) is 11.8 Å². The molecule has 0 aliphatic carbocycles. The van der Waals surface area contributed by atoms with Gasteiger partial charge < -0.3 is 15.8 Å². The first-order valence-electron chi connectivity index (χ1n) is 5.54. The maximum atomic E-state index is 12.2. The third-order valence-electron chi connectivity index (χ3n) is 3.04. The predicted molar refractivity (Wildman–Crippen MR) is 73.4 cm³/mol. The molecule has 1 aromatic rings. The molecule has 0 spiro atoms. The second-order valence-electron chi connectivity index (χ2n) is 4.14. The van der Waals surface area contributed by atoms with Gasteiger partial charge in [0.25, 0.3) is 5.91 Å². The first kappa shape index (κ1) is 14.6. The maximum absolute atomic E-state index is 12.2. The molecule has 1 amide bonds. The van der Waals surface area contributed by atoms with Gasteiger partial charge >= 0.3 is 0 Å². The van der Waals surface area contributed by atoms with Gasteiger partial charge in [0.1, 0.15) is 16.4 Å². The van der Waals surface area contributed by atoms with Crippen molar-refractivity contribution < 1.29 is 9.53 Å². The molecule has 18 heavy (non-hydrogen) atoms. The number of hydrogen-bond donors (Lipinski definition) is 2. The molecule has 0 aliphatic rings. The van der Waals surface area contributed by atoms with Gasteiger partial charge in [0.05, 0.1) is 11.8 Å². The van der Waals surface area contributed by atoms with Crippen LogP contribution in [-0.4, -0.2) is 33.4 Å². The van der Waals surface area contributed by atoms with Crippen LogP contribution in [0.2, 0.25) is 0 Å². The first-order chi connectivity index (χ1) is 8.35. The van der Waals surface area contributed by atoms with Crippen LogP contribution in [0.15, 0.2) is 6.20 Å². The zero-order chi connectivity index (χ0) is 13.9. The lowest BCUT2D eigenvalue weighted by Gasteiger charge is -2.25. The number of aromatic nitrogens is 2. The molecule has 0 fully saturated rings. The summed E-state index contributed by atoms with van der Waals surface area (Å²) in [5.74, 6) is 0.220. The maximum Gasteiger partial charge on any atom is 0.257 e. The Morgan fingerprint density at radius 1 is 1.72 bits per heavy atom. The fourth-order valence-corrected chi connectivity index (χ4v) is 1.55. The van der Waals surface area contributed by atoms with Crippen LogP contribution in [0.5, 0.6) is 0 Å². The molecule has 0 radical (unpaired) electrons. The van der Waals surface area contributed by atoms with E-state index in [-0.39, 0.29) is 10.9 Å². The predicted octanol–water partition coefficient (Wildman–Crippen LogP) is 0.808. The van der Waals surface area contributed by atoms with E-state index < -0.39 is 5.60 Å². The smallest absolute Gasteiger partial charge is 0.257 e. The number of anilines is 1. The van der Waals surface area contributed by atoms with Crippen molar-refractivity contribution in [2.45, 2.75) is 25.9 Å². The quantitative estimate of drug-likeness (QED) is 0.774. The van der Waals surface area contributed by atoms with E-state index in [9.17, 15) is 4.79 Å².